The molecule has 1 heterocycles. The van der Waals surface area contributed by atoms with Crippen molar-refractivity contribution in [3.8, 4) is 0 Å². The number of hydrogen-bond donors (Lipinski definition) is 1. The standard InChI is InChI=1S/C10H16N2O4.2ClH/c1-3-15-10(13)6-14-5-9-12-7(2)8(4-11)16-9;;/h3-6,11H2,1-2H3;2*1H. The van der Waals surface area contributed by atoms with Crippen LogP contribution in [-0.2, 0) is 27.4 Å². The van der Waals surface area contributed by atoms with Crippen molar-refractivity contribution >= 4 is 30.8 Å². The van der Waals surface area contributed by atoms with Crippen LogP contribution in [0.15, 0.2) is 4.42 Å². The van der Waals surface area contributed by atoms with Gasteiger partial charge in [0.2, 0.25) is 5.89 Å². The number of oxazole rings is 1. The van der Waals surface area contributed by atoms with Gasteiger partial charge < -0.3 is 19.6 Å². The summed E-state index contributed by atoms with van der Waals surface area (Å²) in [5.74, 6) is 0.654. The van der Waals surface area contributed by atoms with Gasteiger partial charge in [0.1, 0.15) is 19.0 Å². The van der Waals surface area contributed by atoms with Crippen molar-refractivity contribution in [3.63, 3.8) is 0 Å². The van der Waals surface area contributed by atoms with Gasteiger partial charge in [-0.1, -0.05) is 0 Å². The van der Waals surface area contributed by atoms with E-state index < -0.39 is 5.97 Å². The fourth-order valence-corrected chi connectivity index (χ4v) is 1.16. The summed E-state index contributed by atoms with van der Waals surface area (Å²) in [4.78, 5) is 15.0. The third-order valence-electron chi connectivity index (χ3n) is 1.87. The monoisotopic (exact) mass is 300 g/mol. The molecule has 18 heavy (non-hydrogen) atoms. The topological polar surface area (TPSA) is 87.6 Å². The van der Waals surface area contributed by atoms with E-state index in [1.165, 1.54) is 0 Å². The first kappa shape index (κ1) is 19.5. The van der Waals surface area contributed by atoms with Crippen LogP contribution in [0.3, 0.4) is 0 Å². The molecule has 1 aromatic rings. The molecule has 0 amide bonds. The van der Waals surface area contributed by atoms with Crippen LogP contribution in [0, 0.1) is 6.92 Å². The first-order valence-corrected chi connectivity index (χ1v) is 5.06. The Morgan fingerprint density at radius 2 is 2.11 bits per heavy atom. The Balaban J connectivity index is 0. The van der Waals surface area contributed by atoms with Crippen molar-refractivity contribution in [1.29, 1.82) is 0 Å². The van der Waals surface area contributed by atoms with Crippen LogP contribution in [-0.4, -0.2) is 24.2 Å². The minimum atomic E-state index is -0.398. The highest BCUT2D eigenvalue weighted by Crippen LogP contribution is 2.09. The zero-order valence-electron chi connectivity index (χ0n) is 10.3. The van der Waals surface area contributed by atoms with E-state index in [2.05, 4.69) is 4.98 Å². The summed E-state index contributed by atoms with van der Waals surface area (Å²) in [6.45, 7) is 4.23. The largest absolute Gasteiger partial charge is 0.464 e. The molecule has 0 aliphatic carbocycles. The predicted octanol–water partition coefficient (Wildman–Crippen LogP) is 1.37. The first-order valence-electron chi connectivity index (χ1n) is 5.06. The summed E-state index contributed by atoms with van der Waals surface area (Å²) in [6.07, 6.45) is 0. The van der Waals surface area contributed by atoms with Gasteiger partial charge in [-0.05, 0) is 13.8 Å². The number of esters is 1. The number of aromatic nitrogens is 1. The lowest BCUT2D eigenvalue weighted by molar-refractivity contribution is -0.149. The van der Waals surface area contributed by atoms with Gasteiger partial charge in [0.25, 0.3) is 0 Å². The van der Waals surface area contributed by atoms with Crippen molar-refractivity contribution in [2.45, 2.75) is 27.0 Å². The smallest absolute Gasteiger partial charge is 0.332 e. The van der Waals surface area contributed by atoms with E-state index in [9.17, 15) is 4.79 Å². The average Bonchev–Trinajstić information content (AvgIpc) is 2.59. The second kappa shape index (κ2) is 10.1. The van der Waals surface area contributed by atoms with E-state index in [4.69, 9.17) is 19.6 Å². The molecular formula is C10H18Cl2N2O4. The molecule has 0 aliphatic rings. The number of halogens is 2. The van der Waals surface area contributed by atoms with Gasteiger partial charge in [0, 0.05) is 0 Å². The molecule has 0 saturated carbocycles. The average molecular weight is 301 g/mol. The molecule has 0 atom stereocenters. The highest BCUT2D eigenvalue weighted by Gasteiger charge is 2.09. The second-order valence-corrected chi connectivity index (χ2v) is 3.12. The van der Waals surface area contributed by atoms with Crippen molar-refractivity contribution in [2.75, 3.05) is 13.2 Å². The van der Waals surface area contributed by atoms with Crippen LogP contribution < -0.4 is 5.73 Å². The molecule has 6 nitrogen and oxygen atoms in total. The van der Waals surface area contributed by atoms with Crippen molar-refractivity contribution in [3.05, 3.63) is 17.3 Å². The normalized spacial score (nSPS) is 9.28. The van der Waals surface area contributed by atoms with E-state index in [-0.39, 0.29) is 38.0 Å². The Kier molecular flexibility index (Phi) is 11.0. The van der Waals surface area contributed by atoms with E-state index in [1.807, 2.05) is 0 Å². The molecule has 0 aliphatic heterocycles. The number of aryl methyl sites for hydroxylation is 1. The van der Waals surface area contributed by atoms with E-state index >= 15 is 0 Å². The van der Waals surface area contributed by atoms with Crippen LogP contribution in [0.2, 0.25) is 0 Å². The fraction of sp³-hybridized carbons (Fsp3) is 0.600. The number of nitrogens with zero attached hydrogens (tertiary/aromatic N) is 1. The maximum absolute atomic E-state index is 10.9. The van der Waals surface area contributed by atoms with Gasteiger partial charge in [0.15, 0.2) is 0 Å². The second-order valence-electron chi connectivity index (χ2n) is 3.12. The highest BCUT2D eigenvalue weighted by atomic mass is 35.5. The van der Waals surface area contributed by atoms with Crippen LogP contribution in [0.1, 0.15) is 24.3 Å². The molecule has 0 radical (unpaired) electrons. The zero-order chi connectivity index (χ0) is 12.0. The quantitative estimate of drug-likeness (QED) is 0.798. The van der Waals surface area contributed by atoms with E-state index in [1.54, 1.807) is 13.8 Å². The Hall–Kier alpha value is -0.820. The fourth-order valence-electron chi connectivity index (χ4n) is 1.16. The number of carbonyl (C=O) groups excluding carboxylic acids is 1. The third kappa shape index (κ3) is 6.20. The lowest BCUT2D eigenvalue weighted by atomic mass is 10.4. The van der Waals surface area contributed by atoms with Crippen LogP contribution in [0.5, 0.6) is 0 Å². The maximum Gasteiger partial charge on any atom is 0.332 e. The molecule has 2 N–H and O–H groups in total. The van der Waals surface area contributed by atoms with Gasteiger partial charge in [-0.3, -0.25) is 0 Å². The molecule has 0 fully saturated rings. The van der Waals surface area contributed by atoms with E-state index in [0.29, 0.717) is 24.8 Å². The number of carbonyl (C=O) groups is 1. The third-order valence-corrected chi connectivity index (χ3v) is 1.87. The summed E-state index contributed by atoms with van der Waals surface area (Å²) in [6, 6.07) is 0. The Morgan fingerprint density at radius 3 is 2.61 bits per heavy atom. The SMILES string of the molecule is CCOC(=O)COCc1nc(C)c(CN)o1.Cl.Cl. The molecule has 0 aromatic carbocycles. The summed E-state index contributed by atoms with van der Waals surface area (Å²) in [5.41, 5.74) is 6.18. The Morgan fingerprint density at radius 1 is 1.44 bits per heavy atom. The highest BCUT2D eigenvalue weighted by molar-refractivity contribution is 5.85. The summed E-state index contributed by atoms with van der Waals surface area (Å²) >= 11 is 0. The molecule has 0 unspecified atom stereocenters. The molecular weight excluding hydrogens is 283 g/mol. The number of hydrogen-bond acceptors (Lipinski definition) is 6. The summed E-state index contributed by atoms with van der Waals surface area (Å²) in [5, 5.41) is 0. The Bertz CT molecular complexity index is 358. The number of rotatable bonds is 6. The molecule has 1 aromatic heterocycles. The van der Waals surface area contributed by atoms with Crippen molar-refractivity contribution in [2.24, 2.45) is 5.73 Å². The van der Waals surface area contributed by atoms with Crippen LogP contribution >= 0.6 is 24.8 Å². The lowest BCUT2D eigenvalue weighted by Gasteiger charge is -2.01. The summed E-state index contributed by atoms with van der Waals surface area (Å²) < 4.78 is 15.1. The zero-order valence-corrected chi connectivity index (χ0v) is 11.9. The van der Waals surface area contributed by atoms with Crippen LogP contribution in [0.25, 0.3) is 0 Å². The van der Waals surface area contributed by atoms with Gasteiger partial charge in [0.05, 0.1) is 18.8 Å². The first-order chi connectivity index (χ1) is 7.67. The van der Waals surface area contributed by atoms with Gasteiger partial charge >= 0.3 is 5.97 Å². The van der Waals surface area contributed by atoms with Crippen molar-refractivity contribution in [1.82, 2.24) is 4.98 Å². The molecule has 1 rings (SSSR count). The Labute approximate surface area is 118 Å². The number of ether oxygens (including phenoxy) is 2. The van der Waals surface area contributed by atoms with Gasteiger partial charge in [-0.2, -0.15) is 0 Å². The molecule has 8 heteroatoms. The van der Waals surface area contributed by atoms with Crippen LogP contribution in [0.4, 0.5) is 0 Å². The molecule has 106 valence electrons. The minimum absolute atomic E-state index is 0. The number of nitrogens with two attached hydrogens (primary N) is 1. The van der Waals surface area contributed by atoms with Crippen molar-refractivity contribution < 1.29 is 18.7 Å². The molecule has 0 bridgehead atoms. The predicted molar refractivity (Wildman–Crippen MR) is 69.9 cm³/mol. The summed E-state index contributed by atoms with van der Waals surface area (Å²) in [7, 11) is 0. The minimum Gasteiger partial charge on any atom is -0.464 e. The van der Waals surface area contributed by atoms with Gasteiger partial charge in [-0.25, -0.2) is 9.78 Å². The lowest BCUT2D eigenvalue weighted by Crippen LogP contribution is -2.12. The van der Waals surface area contributed by atoms with Gasteiger partial charge in [-0.15, -0.1) is 24.8 Å². The van der Waals surface area contributed by atoms with E-state index in [0.717, 1.165) is 5.69 Å². The molecule has 0 saturated heterocycles. The maximum atomic E-state index is 10.9. The molecule has 0 spiro atoms.